The van der Waals surface area contributed by atoms with Crippen molar-refractivity contribution in [3.63, 3.8) is 0 Å². The topological polar surface area (TPSA) is 115 Å². The second-order valence-electron chi connectivity index (χ2n) is 8.02. The molecule has 0 bridgehead atoms. The quantitative estimate of drug-likeness (QED) is 0.633. The smallest absolute Gasteiger partial charge is 0.389 e. The number of hydrogen-bond acceptors (Lipinski definition) is 6. The minimum Gasteiger partial charge on any atom is -0.481 e. The van der Waals surface area contributed by atoms with E-state index in [4.69, 9.17) is 0 Å². The van der Waals surface area contributed by atoms with Crippen molar-refractivity contribution in [3.8, 4) is 6.07 Å². The summed E-state index contributed by atoms with van der Waals surface area (Å²) in [6, 6.07) is 3.20. The summed E-state index contributed by atoms with van der Waals surface area (Å²) in [7, 11) is 0. The van der Waals surface area contributed by atoms with Crippen molar-refractivity contribution in [2.24, 2.45) is 5.92 Å². The number of pyridine rings is 1. The molecule has 0 aromatic carbocycles. The van der Waals surface area contributed by atoms with Crippen LogP contribution in [0.25, 0.3) is 0 Å². The van der Waals surface area contributed by atoms with Crippen molar-refractivity contribution in [2.45, 2.75) is 51.2 Å². The summed E-state index contributed by atoms with van der Waals surface area (Å²) in [4.78, 5) is 43.6. The first-order chi connectivity index (χ1) is 15.1. The summed E-state index contributed by atoms with van der Waals surface area (Å²) < 4.78 is 37.9. The number of carbonyl (C=O) groups is 3. The van der Waals surface area contributed by atoms with Crippen LogP contribution >= 0.6 is 0 Å². The van der Waals surface area contributed by atoms with Crippen molar-refractivity contribution in [2.75, 3.05) is 24.5 Å². The molecule has 8 nitrogen and oxygen atoms in total. The van der Waals surface area contributed by atoms with Crippen LogP contribution in [0.1, 0.15) is 60.1 Å². The molecule has 11 heteroatoms. The normalized spacial score (nSPS) is 17.5. The van der Waals surface area contributed by atoms with Crippen molar-refractivity contribution in [1.82, 2.24) is 9.88 Å². The van der Waals surface area contributed by atoms with Crippen LogP contribution in [0, 0.1) is 17.2 Å². The number of anilines is 1. The fraction of sp³-hybridized carbons (Fsp3) is 0.571. The van der Waals surface area contributed by atoms with Gasteiger partial charge in [-0.2, -0.15) is 18.4 Å². The van der Waals surface area contributed by atoms with Crippen molar-refractivity contribution in [3.05, 3.63) is 22.9 Å². The van der Waals surface area contributed by atoms with Gasteiger partial charge in [-0.25, -0.2) is 4.98 Å². The van der Waals surface area contributed by atoms with Gasteiger partial charge in [0.2, 0.25) is 5.91 Å². The van der Waals surface area contributed by atoms with E-state index in [0.717, 1.165) is 0 Å². The summed E-state index contributed by atoms with van der Waals surface area (Å²) >= 11 is 0. The van der Waals surface area contributed by atoms with Crippen LogP contribution < -0.4 is 4.90 Å². The Hall–Kier alpha value is -3.16. The number of alkyl halides is 3. The minimum atomic E-state index is -4.50. The number of nitrogens with zero attached hydrogens (tertiary/aromatic N) is 4. The Morgan fingerprint density at radius 2 is 1.94 bits per heavy atom. The highest BCUT2D eigenvalue weighted by atomic mass is 19.4. The van der Waals surface area contributed by atoms with E-state index in [0.29, 0.717) is 45.3 Å². The van der Waals surface area contributed by atoms with Crippen LogP contribution in [0.15, 0.2) is 6.07 Å². The molecule has 1 aromatic rings. The standard InChI is InChI=1S/C21H23F3N4O4/c22-21(23,24)6-3-17(29)15-10-14(11-25)19(27-8-4-13(5-9-27)20(31)32)26-16(15)12-28-7-1-2-18(28)30/h10,13H,1-9,12H2,(H,31,32). The molecule has 3 heterocycles. The maximum atomic E-state index is 12.6. The van der Waals surface area contributed by atoms with E-state index in [2.05, 4.69) is 4.98 Å². The molecule has 2 aliphatic heterocycles. The zero-order valence-electron chi connectivity index (χ0n) is 17.3. The molecule has 2 fully saturated rings. The van der Waals surface area contributed by atoms with Crippen molar-refractivity contribution < 1.29 is 32.7 Å². The number of piperidine rings is 1. The van der Waals surface area contributed by atoms with Gasteiger partial charge in [-0.05, 0) is 25.3 Å². The number of rotatable bonds is 7. The summed E-state index contributed by atoms with van der Waals surface area (Å²) in [5.41, 5.74) is 0.0992. The molecule has 0 unspecified atom stereocenters. The minimum absolute atomic E-state index is 0.0315. The van der Waals surface area contributed by atoms with E-state index in [1.807, 2.05) is 6.07 Å². The maximum absolute atomic E-state index is 12.6. The number of likely N-dealkylation sites (tertiary alicyclic amines) is 1. The Balaban J connectivity index is 1.93. The van der Waals surface area contributed by atoms with Crippen molar-refractivity contribution >= 4 is 23.5 Å². The van der Waals surface area contributed by atoms with Gasteiger partial charge in [-0.1, -0.05) is 0 Å². The van der Waals surface area contributed by atoms with Crippen LogP contribution in [-0.4, -0.2) is 58.5 Å². The fourth-order valence-corrected chi connectivity index (χ4v) is 4.01. The number of aliphatic carboxylic acids is 1. The number of hydrogen-bond donors (Lipinski definition) is 1. The first-order valence-corrected chi connectivity index (χ1v) is 10.4. The summed E-state index contributed by atoms with van der Waals surface area (Å²) in [5.74, 6) is -2.05. The van der Waals surface area contributed by atoms with Gasteiger partial charge in [0.1, 0.15) is 11.9 Å². The fourth-order valence-electron chi connectivity index (χ4n) is 4.01. The predicted octanol–water partition coefficient (Wildman–Crippen LogP) is 2.90. The SMILES string of the molecule is N#Cc1cc(C(=O)CCC(F)(F)F)c(CN2CCCC2=O)nc1N1CCC(C(=O)O)CC1. The molecule has 1 aromatic heterocycles. The van der Waals surface area contributed by atoms with Crippen LogP contribution in [0.4, 0.5) is 19.0 Å². The molecule has 0 atom stereocenters. The number of carbonyl (C=O) groups excluding carboxylic acids is 2. The Labute approximate surface area is 182 Å². The van der Waals surface area contributed by atoms with Crippen LogP contribution in [-0.2, 0) is 16.1 Å². The molecule has 2 saturated heterocycles. The number of carboxylic acid groups (broad SMARTS) is 1. The summed E-state index contributed by atoms with van der Waals surface area (Å²) in [6.07, 6.45) is -4.87. The van der Waals surface area contributed by atoms with E-state index >= 15 is 0 Å². The number of amides is 1. The lowest BCUT2D eigenvalue weighted by Crippen LogP contribution is -2.37. The average Bonchev–Trinajstić information content (AvgIpc) is 3.15. The van der Waals surface area contributed by atoms with Gasteiger partial charge >= 0.3 is 12.1 Å². The van der Waals surface area contributed by atoms with E-state index in [1.54, 1.807) is 4.90 Å². The molecule has 1 amide bonds. The molecule has 2 aliphatic rings. The first kappa shape index (κ1) is 23.5. The molecular weight excluding hydrogens is 429 g/mol. The van der Waals surface area contributed by atoms with E-state index in [1.165, 1.54) is 11.0 Å². The highest BCUT2D eigenvalue weighted by molar-refractivity contribution is 5.98. The second kappa shape index (κ2) is 9.54. The van der Waals surface area contributed by atoms with Gasteiger partial charge in [0.15, 0.2) is 5.78 Å². The molecule has 0 radical (unpaired) electrons. The summed E-state index contributed by atoms with van der Waals surface area (Å²) in [5, 5.41) is 18.8. The molecule has 1 N–H and O–H groups in total. The molecule has 3 rings (SSSR count). The lowest BCUT2D eigenvalue weighted by Gasteiger charge is -2.32. The number of carboxylic acids is 1. The third-order valence-electron chi connectivity index (χ3n) is 5.79. The van der Waals surface area contributed by atoms with E-state index in [-0.39, 0.29) is 35.1 Å². The van der Waals surface area contributed by atoms with E-state index < -0.39 is 36.7 Å². The van der Waals surface area contributed by atoms with Crippen LogP contribution in [0.3, 0.4) is 0 Å². The highest BCUT2D eigenvalue weighted by Crippen LogP contribution is 2.29. The molecule has 32 heavy (non-hydrogen) atoms. The van der Waals surface area contributed by atoms with Gasteiger partial charge in [-0.15, -0.1) is 0 Å². The second-order valence-corrected chi connectivity index (χ2v) is 8.02. The monoisotopic (exact) mass is 452 g/mol. The first-order valence-electron chi connectivity index (χ1n) is 10.4. The third kappa shape index (κ3) is 5.55. The lowest BCUT2D eigenvalue weighted by molar-refractivity contribution is -0.142. The van der Waals surface area contributed by atoms with Gasteiger partial charge in [0.25, 0.3) is 0 Å². The van der Waals surface area contributed by atoms with Gasteiger partial charge in [-0.3, -0.25) is 14.4 Å². The Bertz CT molecular complexity index is 950. The van der Waals surface area contributed by atoms with Crippen LogP contribution in [0.2, 0.25) is 0 Å². The Morgan fingerprint density at radius 3 is 2.47 bits per heavy atom. The number of nitriles is 1. The Kier molecular flexibility index (Phi) is 7.01. The number of aromatic nitrogens is 1. The van der Waals surface area contributed by atoms with Gasteiger partial charge in [0, 0.05) is 38.0 Å². The molecule has 0 aliphatic carbocycles. The maximum Gasteiger partial charge on any atom is 0.389 e. The highest BCUT2D eigenvalue weighted by Gasteiger charge is 2.32. The predicted molar refractivity (Wildman–Crippen MR) is 106 cm³/mol. The van der Waals surface area contributed by atoms with Gasteiger partial charge in [0.05, 0.1) is 30.1 Å². The van der Waals surface area contributed by atoms with Crippen LogP contribution in [0.5, 0.6) is 0 Å². The number of halogens is 3. The lowest BCUT2D eigenvalue weighted by atomic mass is 9.96. The molecular formula is C21H23F3N4O4. The van der Waals surface area contributed by atoms with Gasteiger partial charge < -0.3 is 14.9 Å². The molecule has 0 saturated carbocycles. The van der Waals surface area contributed by atoms with Crippen molar-refractivity contribution in [1.29, 1.82) is 5.26 Å². The van der Waals surface area contributed by atoms with E-state index in [9.17, 15) is 37.9 Å². The number of ketones is 1. The zero-order valence-corrected chi connectivity index (χ0v) is 17.3. The average molecular weight is 452 g/mol. The number of Topliss-reactive ketones (excluding diaryl/α,β-unsaturated/α-hetero) is 1. The molecule has 0 spiro atoms. The Morgan fingerprint density at radius 1 is 1.25 bits per heavy atom. The largest absolute Gasteiger partial charge is 0.481 e. The summed E-state index contributed by atoms with van der Waals surface area (Å²) in [6.45, 7) is 1.09. The molecule has 172 valence electrons. The zero-order chi connectivity index (χ0) is 23.5. The third-order valence-corrected chi connectivity index (χ3v) is 5.79.